The van der Waals surface area contributed by atoms with Crippen LogP contribution in [0.5, 0.6) is 5.75 Å². The smallest absolute Gasteiger partial charge is 0.349 e. The van der Waals surface area contributed by atoms with Gasteiger partial charge in [-0.3, -0.25) is 9.36 Å². The number of carbonyl (C=O) groups excluding carboxylic acids is 1. The highest BCUT2D eigenvalue weighted by molar-refractivity contribution is 6.33. The van der Waals surface area contributed by atoms with Gasteiger partial charge >= 0.3 is 5.69 Å². The number of nitrogens with zero attached hydrogens (tertiary/aromatic N) is 8. The van der Waals surface area contributed by atoms with Crippen molar-refractivity contribution in [1.82, 2.24) is 34.4 Å². The van der Waals surface area contributed by atoms with Crippen LogP contribution in [0, 0.1) is 5.92 Å². The third-order valence-electron chi connectivity index (χ3n) is 7.50. The summed E-state index contributed by atoms with van der Waals surface area (Å²) in [5, 5.41) is 7.61. The molecule has 1 saturated heterocycles. The lowest BCUT2D eigenvalue weighted by Gasteiger charge is -2.32. The fourth-order valence-electron chi connectivity index (χ4n) is 5.18. The number of hydrogen-bond donors (Lipinski definition) is 2. The average molecular weight is 607 g/mol. The van der Waals surface area contributed by atoms with E-state index in [4.69, 9.17) is 21.3 Å². The molecule has 0 bridgehead atoms. The first-order valence-electron chi connectivity index (χ1n) is 13.9. The number of hydrogen-bond acceptors (Lipinski definition) is 11. The van der Waals surface area contributed by atoms with Crippen molar-refractivity contribution < 1.29 is 9.53 Å². The maximum atomic E-state index is 12.9. The third-order valence-corrected chi connectivity index (χ3v) is 7.77. The van der Waals surface area contributed by atoms with Gasteiger partial charge in [0.2, 0.25) is 11.9 Å². The molecule has 14 heteroatoms. The van der Waals surface area contributed by atoms with Crippen molar-refractivity contribution in [3.63, 3.8) is 0 Å². The molecule has 0 atom stereocenters. The molecule has 5 rings (SSSR count). The Bertz CT molecular complexity index is 1700. The van der Waals surface area contributed by atoms with Crippen LogP contribution in [0.3, 0.4) is 0 Å². The van der Waals surface area contributed by atoms with Crippen LogP contribution < -0.4 is 26.0 Å². The number of fused-ring (bicyclic) bond motifs is 1. The lowest BCUT2D eigenvalue weighted by atomic mass is 9.96. The Balaban J connectivity index is 1.48. The average Bonchev–Trinajstić information content (AvgIpc) is 3.00. The molecule has 1 fully saturated rings. The predicted octanol–water partition coefficient (Wildman–Crippen LogP) is 3.57. The van der Waals surface area contributed by atoms with Crippen LogP contribution in [0.25, 0.3) is 10.9 Å². The normalized spacial score (nSPS) is 14.1. The first kappa shape index (κ1) is 30.0. The molecule has 13 nitrogen and oxygen atoms in total. The Morgan fingerprint density at radius 3 is 2.44 bits per heavy atom. The number of anilines is 4. The van der Waals surface area contributed by atoms with Crippen molar-refractivity contribution in [2.45, 2.75) is 32.2 Å². The zero-order valence-corrected chi connectivity index (χ0v) is 25.8. The molecular formula is C29H35ClN10O3. The van der Waals surface area contributed by atoms with Gasteiger partial charge in [0, 0.05) is 69.7 Å². The highest BCUT2D eigenvalue weighted by Crippen LogP contribution is 2.36. The number of piperidine rings is 1. The van der Waals surface area contributed by atoms with Gasteiger partial charge in [0.25, 0.3) is 0 Å². The Morgan fingerprint density at radius 2 is 1.79 bits per heavy atom. The predicted molar refractivity (Wildman–Crippen MR) is 166 cm³/mol. The van der Waals surface area contributed by atoms with Crippen LogP contribution in [-0.4, -0.2) is 74.6 Å². The van der Waals surface area contributed by atoms with E-state index in [0.29, 0.717) is 63.9 Å². The number of rotatable bonds is 8. The van der Waals surface area contributed by atoms with Crippen LogP contribution in [0.15, 0.2) is 41.6 Å². The minimum atomic E-state index is -0.750. The fourth-order valence-corrected chi connectivity index (χ4v) is 5.32. The zero-order chi connectivity index (χ0) is 30.9. The number of carbonyl (C=O) groups is 1. The van der Waals surface area contributed by atoms with Gasteiger partial charge in [0.15, 0.2) is 11.6 Å². The second-order valence-corrected chi connectivity index (χ2v) is 11.6. The Morgan fingerprint density at radius 1 is 1.09 bits per heavy atom. The van der Waals surface area contributed by atoms with Gasteiger partial charge in [-0.05, 0) is 38.8 Å². The molecule has 1 aromatic carbocycles. The molecule has 2 N–H and O–H groups in total. The number of methoxy groups -OCH3 is 1. The number of nitrogens with one attached hydrogen (secondary N) is 2. The standard InChI is InChI=1S/C29H35ClN10O3/c1-29(2,26-31-10-7-11-32-26)37-23-19-14-18(15-21(43-6)22(19)39(5)28(42)36-23)34-24-20(30)16-33-27(35-24)40-12-8-17(9-13-40)25(41)38(3)4/h7,10-11,14-17H,8-9,12-13H2,1-6H3,(H,33,34,35)(H,36,37,42). The summed E-state index contributed by atoms with van der Waals surface area (Å²) in [7, 11) is 6.75. The van der Waals surface area contributed by atoms with E-state index in [1.807, 2.05) is 19.9 Å². The molecule has 1 aliphatic rings. The van der Waals surface area contributed by atoms with Crippen molar-refractivity contribution in [2.24, 2.45) is 13.0 Å². The molecule has 4 heterocycles. The van der Waals surface area contributed by atoms with Crippen LogP contribution in [0.1, 0.15) is 32.5 Å². The van der Waals surface area contributed by atoms with Crippen molar-refractivity contribution in [1.29, 1.82) is 0 Å². The highest BCUT2D eigenvalue weighted by atomic mass is 35.5. The maximum Gasteiger partial charge on any atom is 0.349 e. The minimum absolute atomic E-state index is 0.00739. The van der Waals surface area contributed by atoms with E-state index in [1.54, 1.807) is 63.9 Å². The molecule has 4 aromatic rings. The van der Waals surface area contributed by atoms with E-state index >= 15 is 0 Å². The van der Waals surface area contributed by atoms with Crippen molar-refractivity contribution >= 4 is 51.7 Å². The molecule has 226 valence electrons. The number of benzene rings is 1. The molecule has 0 aliphatic carbocycles. The summed E-state index contributed by atoms with van der Waals surface area (Å²) >= 11 is 6.54. The maximum absolute atomic E-state index is 12.9. The molecule has 3 aromatic heterocycles. The molecule has 43 heavy (non-hydrogen) atoms. The van der Waals surface area contributed by atoms with Crippen molar-refractivity contribution in [3.05, 3.63) is 58.1 Å². The number of ether oxygens (including phenoxy) is 1. The quantitative estimate of drug-likeness (QED) is 0.304. The summed E-state index contributed by atoms with van der Waals surface area (Å²) in [5.41, 5.74) is -0.0219. The van der Waals surface area contributed by atoms with Gasteiger partial charge in [-0.1, -0.05) is 11.6 Å². The fraction of sp³-hybridized carbons (Fsp3) is 0.414. The molecule has 1 amide bonds. The summed E-state index contributed by atoms with van der Waals surface area (Å²) < 4.78 is 7.16. The monoisotopic (exact) mass is 606 g/mol. The topological polar surface area (TPSA) is 143 Å². The lowest BCUT2D eigenvalue weighted by Crippen LogP contribution is -2.40. The molecule has 0 saturated carbocycles. The molecule has 0 radical (unpaired) electrons. The van der Waals surface area contributed by atoms with Crippen LogP contribution in [0.2, 0.25) is 5.02 Å². The highest BCUT2D eigenvalue weighted by Gasteiger charge is 2.28. The Kier molecular flexibility index (Phi) is 8.36. The number of halogens is 1. The Labute approximate surface area is 254 Å². The number of aromatic nitrogens is 6. The van der Waals surface area contributed by atoms with Gasteiger partial charge in [-0.25, -0.2) is 19.7 Å². The van der Waals surface area contributed by atoms with E-state index in [0.717, 1.165) is 12.8 Å². The van der Waals surface area contributed by atoms with Gasteiger partial charge in [-0.15, -0.1) is 0 Å². The summed E-state index contributed by atoms with van der Waals surface area (Å²) in [6.07, 6.45) is 6.33. The number of amides is 1. The van der Waals surface area contributed by atoms with E-state index in [-0.39, 0.29) is 11.8 Å². The van der Waals surface area contributed by atoms with Gasteiger partial charge in [0.1, 0.15) is 16.6 Å². The molecule has 1 aliphatic heterocycles. The summed E-state index contributed by atoms with van der Waals surface area (Å²) in [6.45, 7) is 5.14. The van der Waals surface area contributed by atoms with Gasteiger partial charge in [-0.2, -0.15) is 9.97 Å². The summed E-state index contributed by atoms with van der Waals surface area (Å²) in [4.78, 5) is 51.2. The first-order valence-corrected chi connectivity index (χ1v) is 14.3. The Hall–Kier alpha value is -4.52. The van der Waals surface area contributed by atoms with Gasteiger partial charge in [0.05, 0.1) is 24.4 Å². The second kappa shape index (κ2) is 12.0. The van der Waals surface area contributed by atoms with Crippen LogP contribution >= 0.6 is 11.6 Å². The van der Waals surface area contributed by atoms with Crippen molar-refractivity contribution in [3.8, 4) is 5.75 Å². The third kappa shape index (κ3) is 6.17. The second-order valence-electron chi connectivity index (χ2n) is 11.2. The van der Waals surface area contributed by atoms with E-state index < -0.39 is 11.2 Å². The first-order chi connectivity index (χ1) is 20.5. The summed E-state index contributed by atoms with van der Waals surface area (Å²) in [5.74, 6) is 2.41. The van der Waals surface area contributed by atoms with Crippen LogP contribution in [0.4, 0.5) is 23.3 Å². The van der Waals surface area contributed by atoms with Crippen LogP contribution in [-0.2, 0) is 17.4 Å². The zero-order valence-electron chi connectivity index (χ0n) is 25.1. The SMILES string of the molecule is COc1cc(Nc2nc(N3CCC(C(=O)N(C)C)CC3)ncc2Cl)cc2c(NC(C)(C)c3ncccn3)nc(=O)n(C)c12. The molecular weight excluding hydrogens is 572 g/mol. The van der Waals surface area contributed by atoms with Gasteiger partial charge < -0.3 is 25.2 Å². The van der Waals surface area contributed by atoms with Crippen molar-refractivity contribution in [2.75, 3.05) is 49.8 Å². The molecule has 0 unspecified atom stereocenters. The molecule has 0 spiro atoms. The van der Waals surface area contributed by atoms with E-state index in [2.05, 4.69) is 35.5 Å². The largest absolute Gasteiger partial charge is 0.494 e. The van der Waals surface area contributed by atoms with E-state index in [9.17, 15) is 9.59 Å². The minimum Gasteiger partial charge on any atom is -0.494 e. The summed E-state index contributed by atoms with van der Waals surface area (Å²) in [6, 6.07) is 5.37. The lowest BCUT2D eigenvalue weighted by molar-refractivity contribution is -0.133. The van der Waals surface area contributed by atoms with E-state index in [1.165, 1.54) is 4.57 Å². The number of aryl methyl sites for hydroxylation is 1.